The Morgan fingerprint density at radius 2 is 2.20 bits per heavy atom. The average Bonchev–Trinajstić information content (AvgIpc) is 2.17. The molecule has 0 heterocycles. The Hall–Kier alpha value is -0.910. The molecule has 4 N–H and O–H groups in total. The van der Waals surface area contributed by atoms with Crippen LogP contribution in [0.2, 0.25) is 5.02 Å². The summed E-state index contributed by atoms with van der Waals surface area (Å²) in [5.41, 5.74) is 10.4. The van der Waals surface area contributed by atoms with Gasteiger partial charge in [0.1, 0.15) is 0 Å². The first-order valence-electron chi connectivity index (χ1n) is 4.19. The van der Waals surface area contributed by atoms with Crippen molar-refractivity contribution in [2.24, 2.45) is 11.5 Å². The summed E-state index contributed by atoms with van der Waals surface area (Å²) in [4.78, 5) is 11.2. The highest BCUT2D eigenvalue weighted by Crippen LogP contribution is 2.14. The Kier molecular flexibility index (Phi) is 4.26. The van der Waals surface area contributed by atoms with Gasteiger partial charge in [-0.2, -0.15) is 0 Å². The van der Waals surface area contributed by atoms with E-state index in [0.29, 0.717) is 9.92 Å². The predicted molar refractivity (Wildman–Crippen MR) is 59.9 cm³/mol. The number of rotatable bonds is 4. The minimum absolute atomic E-state index is 0.00960. The summed E-state index contributed by atoms with van der Waals surface area (Å²) in [5.74, 6) is -0.652. The summed E-state index contributed by atoms with van der Waals surface area (Å²) < 4.78 is 11.7. The van der Waals surface area contributed by atoms with Crippen LogP contribution in [-0.4, -0.2) is 21.9 Å². The van der Waals surface area contributed by atoms with Crippen LogP contribution in [0.1, 0.15) is 0 Å². The van der Waals surface area contributed by atoms with Crippen molar-refractivity contribution in [1.29, 1.82) is 0 Å². The van der Waals surface area contributed by atoms with E-state index in [2.05, 4.69) is 0 Å². The number of halogens is 1. The second kappa shape index (κ2) is 5.25. The Bertz CT molecular complexity index is 397. The fraction of sp³-hybridized carbons (Fsp3) is 0.222. The van der Waals surface area contributed by atoms with Gasteiger partial charge in [0.05, 0.1) is 22.6 Å². The van der Waals surface area contributed by atoms with Gasteiger partial charge >= 0.3 is 0 Å². The van der Waals surface area contributed by atoms with E-state index in [1.54, 1.807) is 24.3 Å². The number of primary amides is 1. The second-order valence-corrected chi connectivity index (χ2v) is 4.91. The van der Waals surface area contributed by atoms with E-state index >= 15 is 0 Å². The van der Waals surface area contributed by atoms with E-state index in [4.69, 9.17) is 23.1 Å². The Morgan fingerprint density at radius 3 is 2.73 bits per heavy atom. The Balaban J connectivity index is 2.73. The van der Waals surface area contributed by atoms with Gasteiger partial charge < -0.3 is 11.5 Å². The SMILES string of the molecule is NC(=O)C(N)CS(=O)c1cccc(Cl)c1. The van der Waals surface area contributed by atoms with Crippen LogP contribution in [0.5, 0.6) is 0 Å². The molecule has 0 aliphatic rings. The number of benzene rings is 1. The maximum Gasteiger partial charge on any atom is 0.235 e. The van der Waals surface area contributed by atoms with Crippen LogP contribution in [0.15, 0.2) is 29.2 Å². The predicted octanol–water partition coefficient (Wildman–Crippen LogP) is 0.260. The molecule has 2 unspecified atom stereocenters. The van der Waals surface area contributed by atoms with Crippen LogP contribution in [0, 0.1) is 0 Å². The summed E-state index contributed by atoms with van der Waals surface area (Å²) in [6.45, 7) is 0. The number of carbonyl (C=O) groups excluding carboxylic acids is 1. The van der Waals surface area contributed by atoms with Crippen molar-refractivity contribution in [2.75, 3.05) is 5.75 Å². The number of hydrogen-bond donors (Lipinski definition) is 2. The first kappa shape index (κ1) is 12.2. The van der Waals surface area contributed by atoms with E-state index in [-0.39, 0.29) is 5.75 Å². The first-order chi connectivity index (χ1) is 7.00. The molecular weight excluding hydrogens is 236 g/mol. The molecule has 1 amide bonds. The molecule has 6 heteroatoms. The molecule has 0 fully saturated rings. The van der Waals surface area contributed by atoms with Gasteiger partial charge in [0.15, 0.2) is 0 Å². The number of hydrogen-bond acceptors (Lipinski definition) is 3. The Labute approximate surface area is 95.0 Å². The molecule has 0 spiro atoms. The molecule has 1 rings (SSSR count). The molecule has 0 saturated carbocycles. The second-order valence-electron chi connectivity index (χ2n) is 2.98. The monoisotopic (exact) mass is 246 g/mol. The van der Waals surface area contributed by atoms with Crippen LogP contribution in [0.3, 0.4) is 0 Å². The highest BCUT2D eigenvalue weighted by molar-refractivity contribution is 7.85. The zero-order valence-corrected chi connectivity index (χ0v) is 9.42. The van der Waals surface area contributed by atoms with Crippen LogP contribution < -0.4 is 11.5 Å². The van der Waals surface area contributed by atoms with Crippen molar-refractivity contribution in [3.05, 3.63) is 29.3 Å². The lowest BCUT2D eigenvalue weighted by molar-refractivity contribution is -0.118. The quantitative estimate of drug-likeness (QED) is 0.799. The Morgan fingerprint density at radius 1 is 1.53 bits per heavy atom. The van der Waals surface area contributed by atoms with E-state index in [9.17, 15) is 9.00 Å². The van der Waals surface area contributed by atoms with E-state index in [0.717, 1.165) is 0 Å². The zero-order chi connectivity index (χ0) is 11.4. The molecule has 2 atom stereocenters. The maximum atomic E-state index is 11.7. The fourth-order valence-corrected chi connectivity index (χ4v) is 2.38. The van der Waals surface area contributed by atoms with Gasteiger partial charge in [-0.15, -0.1) is 0 Å². The third-order valence-corrected chi connectivity index (χ3v) is 3.43. The molecule has 0 aromatic heterocycles. The molecule has 1 aromatic rings. The van der Waals surface area contributed by atoms with Crippen LogP contribution >= 0.6 is 11.6 Å². The number of amides is 1. The zero-order valence-electron chi connectivity index (χ0n) is 7.85. The van der Waals surface area contributed by atoms with Crippen molar-refractivity contribution < 1.29 is 9.00 Å². The van der Waals surface area contributed by atoms with Crippen molar-refractivity contribution >= 4 is 28.3 Å². The number of nitrogens with two attached hydrogens (primary N) is 2. The minimum atomic E-state index is -1.35. The largest absolute Gasteiger partial charge is 0.368 e. The molecule has 0 aliphatic carbocycles. The molecule has 0 radical (unpaired) electrons. The highest BCUT2D eigenvalue weighted by atomic mass is 35.5. The van der Waals surface area contributed by atoms with Crippen molar-refractivity contribution in [3.63, 3.8) is 0 Å². The molecule has 0 bridgehead atoms. The summed E-state index contributed by atoms with van der Waals surface area (Å²) in [7, 11) is -1.35. The topological polar surface area (TPSA) is 86.2 Å². The van der Waals surface area contributed by atoms with Gasteiger partial charge in [0.25, 0.3) is 0 Å². The lowest BCUT2D eigenvalue weighted by Gasteiger charge is -2.07. The van der Waals surface area contributed by atoms with E-state index in [1.807, 2.05) is 0 Å². The van der Waals surface area contributed by atoms with Gasteiger partial charge in [-0.3, -0.25) is 9.00 Å². The maximum absolute atomic E-state index is 11.7. The summed E-state index contributed by atoms with van der Waals surface area (Å²) in [6.07, 6.45) is 0. The van der Waals surface area contributed by atoms with Crippen molar-refractivity contribution in [1.82, 2.24) is 0 Å². The first-order valence-corrected chi connectivity index (χ1v) is 5.89. The summed E-state index contributed by atoms with van der Waals surface area (Å²) in [5, 5.41) is 0.494. The summed E-state index contributed by atoms with van der Waals surface area (Å²) in [6, 6.07) is 5.70. The van der Waals surface area contributed by atoms with Gasteiger partial charge in [0.2, 0.25) is 5.91 Å². The van der Waals surface area contributed by atoms with Crippen LogP contribution in [-0.2, 0) is 15.6 Å². The minimum Gasteiger partial charge on any atom is -0.368 e. The van der Waals surface area contributed by atoms with Crippen LogP contribution in [0.25, 0.3) is 0 Å². The molecule has 1 aromatic carbocycles. The normalized spacial score (nSPS) is 14.5. The smallest absolute Gasteiger partial charge is 0.235 e. The molecule has 4 nitrogen and oxygen atoms in total. The lowest BCUT2D eigenvalue weighted by Crippen LogP contribution is -2.40. The third kappa shape index (κ3) is 3.62. The molecule has 15 heavy (non-hydrogen) atoms. The van der Waals surface area contributed by atoms with Gasteiger partial charge in [-0.25, -0.2) is 0 Å². The molecule has 0 saturated heterocycles. The van der Waals surface area contributed by atoms with Gasteiger partial charge in [-0.05, 0) is 18.2 Å². The summed E-state index contributed by atoms with van der Waals surface area (Å²) >= 11 is 5.73. The van der Waals surface area contributed by atoms with Crippen LogP contribution in [0.4, 0.5) is 0 Å². The fourth-order valence-electron chi connectivity index (χ4n) is 0.950. The van der Waals surface area contributed by atoms with Crippen molar-refractivity contribution in [3.8, 4) is 0 Å². The third-order valence-electron chi connectivity index (χ3n) is 1.76. The lowest BCUT2D eigenvalue weighted by atomic mass is 10.3. The molecular formula is C9H11ClN2O2S. The number of carbonyl (C=O) groups is 1. The highest BCUT2D eigenvalue weighted by Gasteiger charge is 2.14. The standard InChI is InChI=1S/C9H11ClN2O2S/c10-6-2-1-3-7(4-6)15(14)5-8(11)9(12)13/h1-4,8H,5,11H2,(H2,12,13). The molecule has 82 valence electrons. The average molecular weight is 247 g/mol. The van der Waals surface area contributed by atoms with E-state index in [1.165, 1.54) is 0 Å². The molecule has 0 aliphatic heterocycles. The van der Waals surface area contributed by atoms with Gasteiger partial charge in [-0.1, -0.05) is 17.7 Å². The van der Waals surface area contributed by atoms with Gasteiger partial charge in [0, 0.05) is 9.92 Å². The van der Waals surface area contributed by atoms with Crippen molar-refractivity contribution in [2.45, 2.75) is 10.9 Å². The van der Waals surface area contributed by atoms with E-state index < -0.39 is 22.7 Å².